The van der Waals surface area contributed by atoms with E-state index in [-0.39, 0.29) is 0 Å². The highest BCUT2D eigenvalue weighted by molar-refractivity contribution is 5.31. The van der Waals surface area contributed by atoms with E-state index in [1.54, 1.807) is 24.4 Å². The van der Waals surface area contributed by atoms with Crippen molar-refractivity contribution in [2.24, 2.45) is 7.05 Å². The van der Waals surface area contributed by atoms with Crippen LogP contribution in [-0.4, -0.2) is 31.7 Å². The lowest BCUT2D eigenvalue weighted by Crippen LogP contribution is -2.16. The van der Waals surface area contributed by atoms with Crippen molar-refractivity contribution in [2.75, 3.05) is 7.11 Å². The SMILES string of the molecule is COc1c(CNCc2ccccc2Cn2cncn2)c(C)nn1C. The lowest BCUT2D eigenvalue weighted by atomic mass is 10.1. The summed E-state index contributed by atoms with van der Waals surface area (Å²) in [6.45, 7) is 4.19. The molecule has 24 heavy (non-hydrogen) atoms. The fourth-order valence-corrected chi connectivity index (χ4v) is 2.83. The van der Waals surface area contributed by atoms with E-state index in [1.807, 2.05) is 24.7 Å². The van der Waals surface area contributed by atoms with Crippen molar-refractivity contribution < 1.29 is 4.74 Å². The molecule has 7 heteroatoms. The molecule has 3 rings (SSSR count). The van der Waals surface area contributed by atoms with Crippen LogP contribution in [0.4, 0.5) is 0 Å². The molecule has 0 atom stereocenters. The third-order valence-corrected chi connectivity index (χ3v) is 4.02. The van der Waals surface area contributed by atoms with Crippen LogP contribution < -0.4 is 10.1 Å². The Labute approximate surface area is 141 Å². The second-order valence-corrected chi connectivity index (χ2v) is 5.66. The number of nitrogens with zero attached hydrogens (tertiary/aromatic N) is 5. The predicted molar refractivity (Wildman–Crippen MR) is 90.6 cm³/mol. The van der Waals surface area contributed by atoms with Crippen molar-refractivity contribution in [1.29, 1.82) is 0 Å². The van der Waals surface area contributed by atoms with E-state index in [2.05, 4.69) is 38.7 Å². The number of nitrogens with one attached hydrogen (secondary N) is 1. The fraction of sp³-hybridized carbons (Fsp3) is 0.353. The Hall–Kier alpha value is -2.67. The quantitative estimate of drug-likeness (QED) is 0.715. The maximum atomic E-state index is 5.44. The first-order valence-electron chi connectivity index (χ1n) is 7.85. The highest BCUT2D eigenvalue weighted by Gasteiger charge is 2.13. The van der Waals surface area contributed by atoms with E-state index in [1.165, 1.54) is 11.1 Å². The van der Waals surface area contributed by atoms with Crippen LogP contribution in [0.5, 0.6) is 5.88 Å². The molecule has 0 saturated heterocycles. The molecule has 0 unspecified atom stereocenters. The molecule has 3 aromatic rings. The standard InChI is InChI=1S/C17H22N6O/c1-13-16(17(24-3)22(2)21-13)9-18-8-14-6-4-5-7-15(14)10-23-12-19-11-20-23/h4-7,11-12,18H,8-10H2,1-3H3. The van der Waals surface area contributed by atoms with E-state index in [9.17, 15) is 0 Å². The summed E-state index contributed by atoms with van der Waals surface area (Å²) in [5, 5.41) is 12.1. The van der Waals surface area contributed by atoms with Gasteiger partial charge in [0.1, 0.15) is 12.7 Å². The van der Waals surface area contributed by atoms with Gasteiger partial charge in [-0.25, -0.2) is 14.3 Å². The summed E-state index contributed by atoms with van der Waals surface area (Å²) < 4.78 is 9.03. The normalized spacial score (nSPS) is 11.0. The number of aryl methyl sites for hydroxylation is 2. The second kappa shape index (κ2) is 7.27. The Morgan fingerprint density at radius 2 is 1.96 bits per heavy atom. The lowest BCUT2D eigenvalue weighted by molar-refractivity contribution is 0.368. The summed E-state index contributed by atoms with van der Waals surface area (Å²) >= 11 is 0. The smallest absolute Gasteiger partial charge is 0.216 e. The minimum atomic E-state index is 0.709. The highest BCUT2D eigenvalue weighted by atomic mass is 16.5. The van der Waals surface area contributed by atoms with Gasteiger partial charge in [-0.1, -0.05) is 24.3 Å². The van der Waals surface area contributed by atoms with Crippen LogP contribution in [0.3, 0.4) is 0 Å². The van der Waals surface area contributed by atoms with Crippen LogP contribution in [-0.2, 0) is 26.7 Å². The first-order valence-corrected chi connectivity index (χ1v) is 7.85. The van der Waals surface area contributed by atoms with Gasteiger partial charge in [-0.3, -0.25) is 0 Å². The maximum absolute atomic E-state index is 5.44. The van der Waals surface area contributed by atoms with E-state index in [4.69, 9.17) is 4.74 Å². The molecule has 1 aromatic carbocycles. The molecule has 0 radical (unpaired) electrons. The topological polar surface area (TPSA) is 69.8 Å². The molecule has 0 spiro atoms. The third kappa shape index (κ3) is 3.46. The average molecular weight is 326 g/mol. The molecule has 1 N–H and O–H groups in total. The maximum Gasteiger partial charge on any atom is 0.216 e. The summed E-state index contributed by atoms with van der Waals surface area (Å²) in [4.78, 5) is 3.99. The number of hydrogen-bond acceptors (Lipinski definition) is 5. The summed E-state index contributed by atoms with van der Waals surface area (Å²) in [5.41, 5.74) is 4.55. The lowest BCUT2D eigenvalue weighted by Gasteiger charge is -2.11. The van der Waals surface area contributed by atoms with Crippen LogP contribution in [0.15, 0.2) is 36.9 Å². The highest BCUT2D eigenvalue weighted by Crippen LogP contribution is 2.20. The van der Waals surface area contributed by atoms with Crippen molar-refractivity contribution in [1.82, 2.24) is 29.9 Å². The first kappa shape index (κ1) is 16.2. The number of hydrogen-bond donors (Lipinski definition) is 1. The zero-order valence-electron chi connectivity index (χ0n) is 14.2. The molecule has 0 aliphatic heterocycles. The van der Waals surface area contributed by atoms with Gasteiger partial charge in [0.2, 0.25) is 5.88 Å². The molecule has 126 valence electrons. The molecule has 0 saturated carbocycles. The van der Waals surface area contributed by atoms with E-state index in [0.717, 1.165) is 23.7 Å². The van der Waals surface area contributed by atoms with Gasteiger partial charge in [0, 0.05) is 20.1 Å². The van der Waals surface area contributed by atoms with Crippen LogP contribution in [0.1, 0.15) is 22.4 Å². The Bertz CT molecular complexity index is 794. The van der Waals surface area contributed by atoms with E-state index in [0.29, 0.717) is 13.1 Å². The van der Waals surface area contributed by atoms with Gasteiger partial charge < -0.3 is 10.1 Å². The molecule has 2 heterocycles. The van der Waals surface area contributed by atoms with Crippen molar-refractivity contribution in [3.8, 4) is 5.88 Å². The Morgan fingerprint density at radius 3 is 2.67 bits per heavy atom. The van der Waals surface area contributed by atoms with E-state index >= 15 is 0 Å². The van der Waals surface area contributed by atoms with Gasteiger partial charge in [0.15, 0.2) is 0 Å². The van der Waals surface area contributed by atoms with Crippen LogP contribution in [0.2, 0.25) is 0 Å². The average Bonchev–Trinajstić information content (AvgIpc) is 3.17. The largest absolute Gasteiger partial charge is 0.481 e. The van der Waals surface area contributed by atoms with E-state index < -0.39 is 0 Å². The second-order valence-electron chi connectivity index (χ2n) is 5.66. The van der Waals surface area contributed by atoms with Gasteiger partial charge in [-0.2, -0.15) is 10.2 Å². The van der Waals surface area contributed by atoms with Gasteiger partial charge >= 0.3 is 0 Å². The van der Waals surface area contributed by atoms with Gasteiger partial charge in [-0.15, -0.1) is 0 Å². The number of rotatable bonds is 7. The number of benzene rings is 1. The molecular formula is C17H22N6O. The zero-order chi connectivity index (χ0) is 16.9. The van der Waals surface area contributed by atoms with Crippen LogP contribution in [0, 0.1) is 6.92 Å². The molecule has 0 amide bonds. The minimum Gasteiger partial charge on any atom is -0.481 e. The molecule has 7 nitrogen and oxygen atoms in total. The first-order chi connectivity index (χ1) is 11.7. The number of ether oxygens (including phenoxy) is 1. The molecule has 0 bridgehead atoms. The monoisotopic (exact) mass is 326 g/mol. The fourth-order valence-electron chi connectivity index (χ4n) is 2.83. The van der Waals surface area contributed by atoms with Crippen molar-refractivity contribution in [3.05, 3.63) is 59.3 Å². The molecule has 0 fully saturated rings. The Kier molecular flexibility index (Phi) is 4.90. The van der Waals surface area contributed by atoms with Crippen molar-refractivity contribution in [3.63, 3.8) is 0 Å². The summed E-state index contributed by atoms with van der Waals surface area (Å²) in [6.07, 6.45) is 3.28. The molecule has 0 aliphatic carbocycles. The number of methoxy groups -OCH3 is 1. The minimum absolute atomic E-state index is 0.709. The predicted octanol–water partition coefficient (Wildman–Crippen LogP) is 1.67. The van der Waals surface area contributed by atoms with Crippen molar-refractivity contribution in [2.45, 2.75) is 26.6 Å². The summed E-state index contributed by atoms with van der Waals surface area (Å²) in [6, 6.07) is 8.35. The van der Waals surface area contributed by atoms with Crippen molar-refractivity contribution >= 4 is 0 Å². The van der Waals surface area contributed by atoms with Gasteiger partial charge in [0.05, 0.1) is 24.9 Å². The van der Waals surface area contributed by atoms with Crippen LogP contribution in [0.25, 0.3) is 0 Å². The van der Waals surface area contributed by atoms with Crippen LogP contribution >= 0.6 is 0 Å². The molecular weight excluding hydrogens is 304 g/mol. The van der Waals surface area contributed by atoms with Gasteiger partial charge in [-0.05, 0) is 18.1 Å². The Balaban J connectivity index is 1.67. The molecule has 2 aromatic heterocycles. The zero-order valence-corrected chi connectivity index (χ0v) is 14.2. The summed E-state index contributed by atoms with van der Waals surface area (Å²) in [5.74, 6) is 0.802. The molecule has 0 aliphatic rings. The Morgan fingerprint density at radius 1 is 1.17 bits per heavy atom. The number of aromatic nitrogens is 5. The summed E-state index contributed by atoms with van der Waals surface area (Å²) in [7, 11) is 3.57. The third-order valence-electron chi connectivity index (χ3n) is 4.02. The van der Waals surface area contributed by atoms with Gasteiger partial charge in [0.25, 0.3) is 0 Å².